The molecule has 3 aromatic rings. The Morgan fingerprint density at radius 3 is 2.56 bits per heavy atom. The number of fused-ring (bicyclic) bond motifs is 2. The van der Waals surface area contributed by atoms with Crippen molar-refractivity contribution in [2.45, 2.75) is 20.8 Å². The summed E-state index contributed by atoms with van der Waals surface area (Å²) in [5.41, 5.74) is 1.95. The SMILES string of the molecule is CC(=O)N1CCN(C(C)=O)n2cc(-c3sc4ccccc4c3C)nc21. The number of benzene rings is 1. The maximum Gasteiger partial charge on any atom is 0.238 e. The summed E-state index contributed by atoms with van der Waals surface area (Å²) in [7, 11) is 0. The molecule has 1 aromatic carbocycles. The summed E-state index contributed by atoms with van der Waals surface area (Å²) in [6.45, 7) is 6.04. The molecule has 0 bridgehead atoms. The number of carbonyl (C=O) groups is 2. The molecule has 128 valence electrons. The summed E-state index contributed by atoms with van der Waals surface area (Å²) >= 11 is 1.68. The molecule has 0 saturated heterocycles. The molecule has 7 heteroatoms. The highest BCUT2D eigenvalue weighted by Crippen LogP contribution is 2.38. The highest BCUT2D eigenvalue weighted by atomic mass is 32.1. The van der Waals surface area contributed by atoms with Crippen molar-refractivity contribution in [3.8, 4) is 10.6 Å². The number of hydrogen-bond acceptors (Lipinski definition) is 4. The zero-order valence-electron chi connectivity index (χ0n) is 14.3. The number of aromatic nitrogens is 2. The highest BCUT2D eigenvalue weighted by Gasteiger charge is 2.30. The molecule has 4 rings (SSSR count). The number of aryl methyl sites for hydroxylation is 1. The van der Waals surface area contributed by atoms with E-state index < -0.39 is 0 Å². The number of rotatable bonds is 1. The van der Waals surface area contributed by atoms with Crippen LogP contribution in [0, 0.1) is 6.92 Å². The fraction of sp³-hybridized carbons (Fsp3) is 0.278. The summed E-state index contributed by atoms with van der Waals surface area (Å²) in [5.74, 6) is 0.358. The topological polar surface area (TPSA) is 58.4 Å². The quantitative estimate of drug-likeness (QED) is 0.675. The molecule has 0 spiro atoms. The van der Waals surface area contributed by atoms with E-state index in [1.807, 2.05) is 18.3 Å². The predicted octanol–water partition coefficient (Wildman–Crippen LogP) is 2.92. The van der Waals surface area contributed by atoms with Crippen molar-refractivity contribution in [1.82, 2.24) is 9.66 Å². The van der Waals surface area contributed by atoms with E-state index in [-0.39, 0.29) is 11.8 Å². The van der Waals surface area contributed by atoms with Gasteiger partial charge in [0.15, 0.2) is 0 Å². The lowest BCUT2D eigenvalue weighted by Gasteiger charge is -2.33. The van der Waals surface area contributed by atoms with Crippen LogP contribution in [0.4, 0.5) is 5.95 Å². The largest absolute Gasteiger partial charge is 0.279 e. The molecule has 0 fully saturated rings. The van der Waals surface area contributed by atoms with E-state index in [0.29, 0.717) is 19.0 Å². The molecule has 0 atom stereocenters. The van der Waals surface area contributed by atoms with Gasteiger partial charge in [-0.25, -0.2) is 14.7 Å². The van der Waals surface area contributed by atoms with Crippen LogP contribution >= 0.6 is 11.3 Å². The Morgan fingerprint density at radius 1 is 1.12 bits per heavy atom. The van der Waals surface area contributed by atoms with Gasteiger partial charge in [-0.1, -0.05) is 18.2 Å². The Kier molecular flexibility index (Phi) is 3.61. The molecular formula is C18H18N4O2S. The summed E-state index contributed by atoms with van der Waals surface area (Å²) in [6.07, 6.45) is 1.85. The number of anilines is 1. The molecule has 0 unspecified atom stereocenters. The molecule has 0 radical (unpaired) electrons. The number of carbonyl (C=O) groups excluding carboxylic acids is 2. The van der Waals surface area contributed by atoms with Crippen LogP contribution in [0.25, 0.3) is 20.7 Å². The van der Waals surface area contributed by atoms with E-state index in [2.05, 4.69) is 19.1 Å². The smallest absolute Gasteiger partial charge is 0.238 e. The fourth-order valence-corrected chi connectivity index (χ4v) is 4.42. The van der Waals surface area contributed by atoms with E-state index in [9.17, 15) is 9.59 Å². The Morgan fingerprint density at radius 2 is 1.88 bits per heavy atom. The summed E-state index contributed by atoms with van der Waals surface area (Å²) in [5, 5.41) is 2.83. The van der Waals surface area contributed by atoms with Crippen LogP contribution in [0.1, 0.15) is 19.4 Å². The van der Waals surface area contributed by atoms with E-state index in [0.717, 1.165) is 10.6 Å². The summed E-state index contributed by atoms with van der Waals surface area (Å²) in [4.78, 5) is 31.3. The van der Waals surface area contributed by atoms with Gasteiger partial charge >= 0.3 is 0 Å². The second kappa shape index (κ2) is 5.70. The van der Waals surface area contributed by atoms with E-state index >= 15 is 0 Å². The molecule has 2 amide bonds. The average molecular weight is 354 g/mol. The van der Waals surface area contributed by atoms with E-state index in [1.54, 1.807) is 25.9 Å². The zero-order valence-corrected chi connectivity index (χ0v) is 15.1. The lowest BCUT2D eigenvalue weighted by Crippen LogP contribution is -2.51. The molecule has 0 saturated carbocycles. The number of nitrogens with zero attached hydrogens (tertiary/aromatic N) is 4. The average Bonchev–Trinajstić information content (AvgIpc) is 3.15. The van der Waals surface area contributed by atoms with Crippen molar-refractivity contribution in [3.63, 3.8) is 0 Å². The van der Waals surface area contributed by atoms with Crippen LogP contribution in [-0.2, 0) is 9.59 Å². The van der Waals surface area contributed by atoms with Crippen LogP contribution in [0.3, 0.4) is 0 Å². The minimum atomic E-state index is -0.0744. The van der Waals surface area contributed by atoms with Crippen molar-refractivity contribution < 1.29 is 9.59 Å². The molecule has 0 aliphatic carbocycles. The van der Waals surface area contributed by atoms with Crippen molar-refractivity contribution in [2.24, 2.45) is 0 Å². The van der Waals surface area contributed by atoms with Crippen LogP contribution in [-0.4, -0.2) is 34.6 Å². The third kappa shape index (κ3) is 2.42. The predicted molar refractivity (Wildman–Crippen MR) is 99.6 cm³/mol. The maximum atomic E-state index is 12.0. The third-order valence-electron chi connectivity index (χ3n) is 4.53. The molecule has 1 aliphatic rings. The first-order valence-electron chi connectivity index (χ1n) is 8.11. The van der Waals surface area contributed by atoms with Gasteiger partial charge in [-0.2, -0.15) is 0 Å². The van der Waals surface area contributed by atoms with Crippen molar-refractivity contribution in [1.29, 1.82) is 0 Å². The number of amides is 2. The fourth-order valence-electron chi connectivity index (χ4n) is 3.26. The summed E-state index contributed by atoms with van der Waals surface area (Å²) in [6, 6.07) is 8.24. The maximum absolute atomic E-state index is 12.0. The van der Waals surface area contributed by atoms with Crippen molar-refractivity contribution >= 4 is 39.2 Å². The van der Waals surface area contributed by atoms with Gasteiger partial charge in [0.05, 0.1) is 17.6 Å². The van der Waals surface area contributed by atoms with Crippen molar-refractivity contribution in [2.75, 3.05) is 23.0 Å². The molecule has 0 N–H and O–H groups in total. The first-order chi connectivity index (χ1) is 12.0. The van der Waals surface area contributed by atoms with Crippen LogP contribution in [0.2, 0.25) is 0 Å². The first kappa shape index (κ1) is 15.8. The number of thiophene rings is 1. The van der Waals surface area contributed by atoms with Gasteiger partial charge in [0.2, 0.25) is 17.8 Å². The first-order valence-corrected chi connectivity index (χ1v) is 8.93. The van der Waals surface area contributed by atoms with Gasteiger partial charge < -0.3 is 0 Å². The van der Waals surface area contributed by atoms with E-state index in [4.69, 9.17) is 4.98 Å². The molecule has 6 nitrogen and oxygen atoms in total. The number of imidazole rings is 1. The van der Waals surface area contributed by atoms with Crippen LogP contribution < -0.4 is 9.91 Å². The Bertz CT molecular complexity index is 964. The van der Waals surface area contributed by atoms with Gasteiger partial charge in [0, 0.05) is 25.1 Å². The lowest BCUT2D eigenvalue weighted by molar-refractivity contribution is -0.119. The normalized spacial score (nSPS) is 14.0. The Hall–Kier alpha value is -2.67. The number of hydrogen-bond donors (Lipinski definition) is 0. The summed E-state index contributed by atoms with van der Waals surface area (Å²) < 4.78 is 2.90. The van der Waals surface area contributed by atoms with Gasteiger partial charge in [-0.05, 0) is 23.9 Å². The highest BCUT2D eigenvalue weighted by molar-refractivity contribution is 7.22. The Balaban J connectivity index is 1.89. The van der Waals surface area contributed by atoms with Gasteiger partial charge in [0.25, 0.3) is 0 Å². The molecule has 2 aromatic heterocycles. The second-order valence-corrected chi connectivity index (χ2v) is 7.19. The molecular weight excluding hydrogens is 336 g/mol. The second-order valence-electron chi connectivity index (χ2n) is 6.14. The van der Waals surface area contributed by atoms with Crippen LogP contribution in [0.5, 0.6) is 0 Å². The van der Waals surface area contributed by atoms with Crippen molar-refractivity contribution in [3.05, 3.63) is 36.0 Å². The monoisotopic (exact) mass is 354 g/mol. The van der Waals surface area contributed by atoms with Gasteiger partial charge in [0.1, 0.15) is 5.69 Å². The Labute approximate surface area is 149 Å². The molecule has 1 aliphatic heterocycles. The lowest BCUT2D eigenvalue weighted by atomic mass is 10.1. The van der Waals surface area contributed by atoms with Gasteiger partial charge in [-0.3, -0.25) is 14.5 Å². The van der Waals surface area contributed by atoms with E-state index in [1.165, 1.54) is 29.5 Å². The minimum absolute atomic E-state index is 0.0681. The third-order valence-corrected chi connectivity index (χ3v) is 5.82. The minimum Gasteiger partial charge on any atom is -0.279 e. The standard InChI is InChI=1S/C18H18N4O2S/c1-11-14-6-4-5-7-16(14)25-17(11)15-10-22-18(19-15)20(12(2)23)8-9-21(22)13(3)24/h4-7,10H,8-9H2,1-3H3. The zero-order chi connectivity index (χ0) is 17.7. The van der Waals surface area contributed by atoms with Gasteiger partial charge in [-0.15, -0.1) is 11.3 Å². The van der Waals surface area contributed by atoms with Crippen LogP contribution in [0.15, 0.2) is 30.5 Å². The molecule has 3 heterocycles. The molecule has 25 heavy (non-hydrogen) atoms.